The molecule has 9 atom stereocenters. The lowest BCUT2D eigenvalue weighted by Gasteiger charge is -2.43. The van der Waals surface area contributed by atoms with Gasteiger partial charge in [0.2, 0.25) is 0 Å². The first kappa shape index (κ1) is 66.4. The van der Waals surface area contributed by atoms with Crippen LogP contribution in [0.3, 0.4) is 0 Å². The first-order valence-electron chi connectivity index (χ1n) is 25.2. The molecule has 1 saturated carbocycles. The summed E-state index contributed by atoms with van der Waals surface area (Å²) >= 11 is 0. The van der Waals surface area contributed by atoms with E-state index < -0.39 is 89.6 Å². The van der Waals surface area contributed by atoms with Gasteiger partial charge in [-0.15, -0.1) is 0 Å². The zero-order valence-electron chi connectivity index (χ0n) is 42.2. The second-order valence-electron chi connectivity index (χ2n) is 17.0. The zero-order chi connectivity index (χ0) is 53.3. The first-order chi connectivity index (χ1) is 34.5. The van der Waals surface area contributed by atoms with Crippen molar-refractivity contribution in [2.75, 3.05) is 13.2 Å². The fraction of sp³-hybridized carbons (Fsp3) is 0.585. The van der Waals surface area contributed by atoms with E-state index in [0.717, 1.165) is 70.6 Å². The molecular formula is C53H84O17P2. The summed E-state index contributed by atoms with van der Waals surface area (Å²) in [5.41, 5.74) is 0. The van der Waals surface area contributed by atoms with E-state index in [1.807, 2.05) is 18.2 Å². The van der Waals surface area contributed by atoms with Crippen molar-refractivity contribution in [3.63, 3.8) is 0 Å². The number of allylic oxidation sites excluding steroid dienone is 19. The predicted octanol–water partition coefficient (Wildman–Crippen LogP) is 9.25. The molecule has 0 spiro atoms. The lowest BCUT2D eigenvalue weighted by Crippen LogP contribution is -2.64. The van der Waals surface area contributed by atoms with E-state index >= 15 is 0 Å². The Labute approximate surface area is 427 Å². The normalized spacial score (nSPS) is 22.2. The Bertz CT molecular complexity index is 1860. The Hall–Kier alpha value is -3.64. The van der Waals surface area contributed by atoms with Crippen LogP contribution in [0.15, 0.2) is 122 Å². The number of carbonyl (C=O) groups is 2. The summed E-state index contributed by atoms with van der Waals surface area (Å²) in [6, 6.07) is 0. The van der Waals surface area contributed by atoms with Crippen molar-refractivity contribution in [2.24, 2.45) is 0 Å². The molecule has 0 aromatic rings. The second kappa shape index (κ2) is 41.7. The molecule has 1 aliphatic rings. The summed E-state index contributed by atoms with van der Waals surface area (Å²) in [5.74, 6) is -1.54. The summed E-state index contributed by atoms with van der Waals surface area (Å²) < 4.78 is 49.2. The number of aliphatic hydroxyl groups is 5. The van der Waals surface area contributed by atoms with Gasteiger partial charge in [0, 0.05) is 12.8 Å². The number of carbonyl (C=O) groups excluding carboxylic acids is 2. The summed E-state index contributed by atoms with van der Waals surface area (Å²) in [6.45, 7) is 2.73. The van der Waals surface area contributed by atoms with Crippen LogP contribution in [0, 0.1) is 0 Å². The minimum atomic E-state index is -5.40. The number of rotatable bonds is 40. The predicted molar refractivity (Wildman–Crippen MR) is 279 cm³/mol. The largest absolute Gasteiger partial charge is 0.472 e. The van der Waals surface area contributed by atoms with E-state index in [1.54, 1.807) is 12.2 Å². The molecule has 0 aliphatic heterocycles. The Morgan fingerprint density at radius 3 is 1.53 bits per heavy atom. The topological polar surface area (TPSA) is 276 Å². The third kappa shape index (κ3) is 35.5. The standard InChI is InChI=1S/C53H84O17P2/c1-3-5-7-9-11-13-15-17-19-21-22-23-25-27-29-31-33-35-37-39-46(55)66-42-45(43-67-72(64,65)70-53-50(59)48(57)49(58)52(51(53)60)69-71(61,62)63)68-47(56)41-40-44(54)38-36-34-32-30-28-26-24-20-18-16-14-12-10-8-6-4-2/h6,8,11-14,17-20,22-23,26-29,32,34,36,38,44-45,48-54,57-60H,3-5,7,9-10,15-16,21,24-25,30-31,33,35,37,39-43H2,1-2H3,(H,64,65)(H2,61,62,63)/b8-6-,13-11-,14-12-,19-17-,20-18-,23-22-,28-26-,29-27-,34-32-,38-36-/t44?,45-,48?,49?,50?,51?,52-,53+/m1/s1. The molecule has 0 saturated heterocycles. The van der Waals surface area contributed by atoms with E-state index in [2.05, 4.69) is 103 Å². The van der Waals surface area contributed by atoms with Gasteiger partial charge >= 0.3 is 27.6 Å². The molecule has 72 heavy (non-hydrogen) atoms. The number of hydrogen-bond acceptors (Lipinski definition) is 14. The van der Waals surface area contributed by atoms with Crippen LogP contribution >= 0.6 is 15.6 Å². The molecule has 408 valence electrons. The number of esters is 2. The molecule has 8 N–H and O–H groups in total. The average molecular weight is 1060 g/mol. The SMILES string of the molecule is CC/C=C\C/C=C\C/C=C\C/C=C\C/C=C\C=C/C(O)CCC(=O)O[C@H](COC(=O)CCCCC/C=C\C/C=C\C/C=C\C/C=C\CCCCC)COP(=O)(O)O[C@H]1C(O)C(O)C(O)[C@@H](OP(=O)(O)O)C1O. The highest BCUT2D eigenvalue weighted by molar-refractivity contribution is 7.47. The number of aliphatic hydroxyl groups excluding tert-OH is 5. The van der Waals surface area contributed by atoms with Crippen LogP contribution in [-0.2, 0) is 41.8 Å². The van der Waals surface area contributed by atoms with Crippen molar-refractivity contribution in [3.8, 4) is 0 Å². The second-order valence-corrected chi connectivity index (χ2v) is 19.6. The number of phosphoric acid groups is 2. The maximum atomic E-state index is 13.0. The molecule has 1 fully saturated rings. The average Bonchev–Trinajstić information content (AvgIpc) is 3.34. The van der Waals surface area contributed by atoms with Gasteiger partial charge in [0.15, 0.2) is 6.10 Å². The molecule has 0 aromatic heterocycles. The van der Waals surface area contributed by atoms with Crippen molar-refractivity contribution in [3.05, 3.63) is 122 Å². The molecule has 0 bridgehead atoms. The lowest BCUT2D eigenvalue weighted by molar-refractivity contribution is -0.216. The summed E-state index contributed by atoms with van der Waals surface area (Å²) in [5, 5.41) is 51.7. The molecule has 0 aromatic carbocycles. The summed E-state index contributed by atoms with van der Waals surface area (Å²) in [6.07, 6.45) is 38.9. The van der Waals surface area contributed by atoms with E-state index in [0.29, 0.717) is 12.8 Å². The highest BCUT2D eigenvalue weighted by atomic mass is 31.2. The molecular weight excluding hydrogens is 971 g/mol. The Morgan fingerprint density at radius 1 is 0.528 bits per heavy atom. The van der Waals surface area contributed by atoms with Gasteiger partial charge in [-0.1, -0.05) is 155 Å². The fourth-order valence-corrected chi connectivity index (χ4v) is 8.24. The minimum absolute atomic E-state index is 0.0254. The van der Waals surface area contributed by atoms with Crippen LogP contribution in [0.2, 0.25) is 0 Å². The number of unbranched alkanes of at least 4 members (excludes halogenated alkanes) is 6. The summed E-state index contributed by atoms with van der Waals surface area (Å²) in [4.78, 5) is 54.4. The zero-order valence-corrected chi connectivity index (χ0v) is 44.0. The van der Waals surface area contributed by atoms with Crippen molar-refractivity contribution >= 4 is 27.6 Å². The summed E-state index contributed by atoms with van der Waals surface area (Å²) in [7, 11) is -10.8. The van der Waals surface area contributed by atoms with E-state index in [9.17, 15) is 58.9 Å². The van der Waals surface area contributed by atoms with Crippen LogP contribution in [0.25, 0.3) is 0 Å². The quantitative estimate of drug-likeness (QED) is 0.00933. The third-order valence-corrected chi connectivity index (χ3v) is 12.1. The Kier molecular flexibility index (Phi) is 38.4. The van der Waals surface area contributed by atoms with E-state index in [-0.39, 0.29) is 19.3 Å². The van der Waals surface area contributed by atoms with Gasteiger partial charge in [0.05, 0.1) is 12.7 Å². The van der Waals surface area contributed by atoms with E-state index in [4.69, 9.17) is 18.5 Å². The number of hydrogen-bond donors (Lipinski definition) is 8. The molecule has 19 heteroatoms. The minimum Gasteiger partial charge on any atom is -0.462 e. The van der Waals surface area contributed by atoms with Gasteiger partial charge in [-0.2, -0.15) is 0 Å². The smallest absolute Gasteiger partial charge is 0.462 e. The van der Waals surface area contributed by atoms with Crippen molar-refractivity contribution in [2.45, 2.75) is 185 Å². The third-order valence-electron chi connectivity index (χ3n) is 10.6. The van der Waals surface area contributed by atoms with Gasteiger partial charge in [-0.05, 0) is 89.9 Å². The molecule has 17 nitrogen and oxygen atoms in total. The van der Waals surface area contributed by atoms with Gasteiger partial charge in [0.25, 0.3) is 0 Å². The van der Waals surface area contributed by atoms with E-state index in [1.165, 1.54) is 25.3 Å². The fourth-order valence-electron chi connectivity index (χ4n) is 6.71. The highest BCUT2D eigenvalue weighted by Gasteiger charge is 2.54. The van der Waals surface area contributed by atoms with Gasteiger partial charge in [-0.25, -0.2) is 9.13 Å². The molecule has 1 rings (SSSR count). The molecule has 0 amide bonds. The van der Waals surface area contributed by atoms with Gasteiger partial charge < -0.3 is 49.7 Å². The molecule has 1 aliphatic carbocycles. The van der Waals surface area contributed by atoms with Crippen molar-refractivity contribution < 1.29 is 82.0 Å². The van der Waals surface area contributed by atoms with Crippen LogP contribution in [0.5, 0.6) is 0 Å². The van der Waals surface area contributed by atoms with Crippen LogP contribution in [-0.4, -0.2) is 114 Å². The van der Waals surface area contributed by atoms with Gasteiger partial charge in [0.1, 0.15) is 43.2 Å². The van der Waals surface area contributed by atoms with Gasteiger partial charge in [-0.3, -0.25) is 23.2 Å². The maximum absolute atomic E-state index is 13.0. The van der Waals surface area contributed by atoms with Crippen LogP contribution in [0.4, 0.5) is 0 Å². The van der Waals surface area contributed by atoms with Crippen LogP contribution < -0.4 is 0 Å². The highest BCUT2D eigenvalue weighted by Crippen LogP contribution is 2.49. The Morgan fingerprint density at radius 2 is 1.01 bits per heavy atom. The van der Waals surface area contributed by atoms with Crippen molar-refractivity contribution in [1.82, 2.24) is 0 Å². The molecule has 0 radical (unpaired) electrons. The number of ether oxygens (including phenoxy) is 2. The first-order valence-corrected chi connectivity index (χ1v) is 28.2. The lowest BCUT2D eigenvalue weighted by atomic mass is 9.85. The number of phosphoric ester groups is 2. The molecule has 6 unspecified atom stereocenters. The maximum Gasteiger partial charge on any atom is 0.472 e. The Balaban J connectivity index is 2.70. The molecule has 0 heterocycles. The monoisotopic (exact) mass is 1050 g/mol. The van der Waals surface area contributed by atoms with Crippen molar-refractivity contribution in [1.29, 1.82) is 0 Å². The van der Waals surface area contributed by atoms with Crippen LogP contribution in [0.1, 0.15) is 136 Å².